The normalized spacial score (nSPS) is 13.4. The molecule has 1 N–H and O–H groups in total. The van der Waals surface area contributed by atoms with Crippen molar-refractivity contribution >= 4 is 11.6 Å². The van der Waals surface area contributed by atoms with Crippen LogP contribution in [-0.2, 0) is 9.53 Å². The third-order valence-electron chi connectivity index (χ3n) is 4.40. The molecule has 4 nitrogen and oxygen atoms in total. The molecule has 0 spiro atoms. The minimum absolute atomic E-state index is 0.100. The lowest BCUT2D eigenvalue weighted by atomic mass is 9.97. The maximum atomic E-state index is 12.6. The number of rotatable bonds is 10. The third-order valence-corrected chi connectivity index (χ3v) is 4.40. The van der Waals surface area contributed by atoms with Crippen molar-refractivity contribution in [3.8, 4) is 5.75 Å². The summed E-state index contributed by atoms with van der Waals surface area (Å²) < 4.78 is 11.4. The van der Waals surface area contributed by atoms with Crippen molar-refractivity contribution < 1.29 is 14.3 Å². The molecule has 1 rings (SSSR count). The summed E-state index contributed by atoms with van der Waals surface area (Å²) in [5.74, 6) is 0.818. The summed E-state index contributed by atoms with van der Waals surface area (Å²) in [6, 6.07) is 3.92. The van der Waals surface area contributed by atoms with Crippen molar-refractivity contribution in [2.45, 2.75) is 72.3 Å². The molecule has 0 unspecified atom stereocenters. The van der Waals surface area contributed by atoms with Crippen LogP contribution in [0.4, 0.5) is 5.69 Å². The molecule has 0 aliphatic rings. The fourth-order valence-corrected chi connectivity index (χ4v) is 2.65. The van der Waals surface area contributed by atoms with Crippen molar-refractivity contribution in [3.63, 3.8) is 0 Å². The Morgan fingerprint density at radius 2 is 1.71 bits per heavy atom. The highest BCUT2D eigenvalue weighted by Gasteiger charge is 2.32. The standard InChI is InChI=1S/C20H33NO3/c1-7-9-11-20(5,23-6)19(22)21-17-13-15(3)18(16(4)14-17)24-12-10-8-2/h13-14H,7-12H2,1-6H3,(H,21,22)/t20-/m0/s1. The first-order valence-electron chi connectivity index (χ1n) is 8.98. The number of methoxy groups -OCH3 is 1. The first kappa shape index (κ1) is 20.5. The Labute approximate surface area is 146 Å². The van der Waals surface area contributed by atoms with Gasteiger partial charge in [0, 0.05) is 12.8 Å². The number of carbonyl (C=O) groups is 1. The van der Waals surface area contributed by atoms with Crippen LogP contribution in [0.15, 0.2) is 12.1 Å². The van der Waals surface area contributed by atoms with Gasteiger partial charge >= 0.3 is 0 Å². The Hall–Kier alpha value is -1.55. The highest BCUT2D eigenvalue weighted by molar-refractivity contribution is 5.97. The van der Waals surface area contributed by atoms with E-state index < -0.39 is 5.60 Å². The van der Waals surface area contributed by atoms with E-state index in [1.807, 2.05) is 32.9 Å². The molecule has 0 bridgehead atoms. The van der Waals surface area contributed by atoms with Crippen molar-refractivity contribution in [2.75, 3.05) is 19.0 Å². The van der Waals surface area contributed by atoms with Gasteiger partial charge in [0.1, 0.15) is 11.4 Å². The first-order valence-corrected chi connectivity index (χ1v) is 8.98. The van der Waals surface area contributed by atoms with Crippen LogP contribution in [-0.4, -0.2) is 25.2 Å². The summed E-state index contributed by atoms with van der Waals surface area (Å²) in [4.78, 5) is 12.6. The number of nitrogens with one attached hydrogen (secondary N) is 1. The number of unbranched alkanes of at least 4 members (excludes halogenated alkanes) is 2. The van der Waals surface area contributed by atoms with Gasteiger partial charge in [0.05, 0.1) is 6.61 Å². The molecule has 0 aromatic heterocycles. The molecule has 1 aromatic rings. The van der Waals surface area contributed by atoms with Gasteiger partial charge in [-0.05, 0) is 56.9 Å². The fraction of sp³-hybridized carbons (Fsp3) is 0.650. The Balaban J connectivity index is 2.86. The summed E-state index contributed by atoms with van der Waals surface area (Å²) in [5, 5.41) is 3.00. The zero-order chi connectivity index (χ0) is 18.2. The van der Waals surface area contributed by atoms with Crippen molar-refractivity contribution in [1.29, 1.82) is 0 Å². The predicted octanol–water partition coefficient (Wildman–Crippen LogP) is 5.02. The average Bonchev–Trinajstić information content (AvgIpc) is 2.55. The van der Waals surface area contributed by atoms with Crippen molar-refractivity contribution in [3.05, 3.63) is 23.3 Å². The number of amides is 1. The molecule has 0 saturated heterocycles. The van der Waals surface area contributed by atoms with E-state index in [-0.39, 0.29) is 5.91 Å². The van der Waals surface area contributed by atoms with E-state index >= 15 is 0 Å². The molecular formula is C20H33NO3. The van der Waals surface area contributed by atoms with Crippen LogP contribution in [0.1, 0.15) is 64.0 Å². The van der Waals surface area contributed by atoms with Gasteiger partial charge in [-0.25, -0.2) is 0 Å². The molecule has 24 heavy (non-hydrogen) atoms. The summed E-state index contributed by atoms with van der Waals surface area (Å²) in [7, 11) is 1.59. The van der Waals surface area contributed by atoms with Gasteiger partial charge in [-0.15, -0.1) is 0 Å². The van der Waals surface area contributed by atoms with E-state index in [1.54, 1.807) is 7.11 Å². The van der Waals surface area contributed by atoms with Gasteiger partial charge in [0.15, 0.2) is 0 Å². The Bertz CT molecular complexity index is 519. The monoisotopic (exact) mass is 335 g/mol. The lowest BCUT2D eigenvalue weighted by Crippen LogP contribution is -2.41. The molecular weight excluding hydrogens is 302 g/mol. The van der Waals surface area contributed by atoms with Gasteiger partial charge in [0.25, 0.3) is 5.91 Å². The van der Waals surface area contributed by atoms with Gasteiger partial charge in [0.2, 0.25) is 0 Å². The second-order valence-electron chi connectivity index (χ2n) is 6.63. The summed E-state index contributed by atoms with van der Waals surface area (Å²) >= 11 is 0. The van der Waals surface area contributed by atoms with Crippen LogP contribution in [0.25, 0.3) is 0 Å². The Kier molecular flexibility index (Phi) is 8.26. The summed E-state index contributed by atoms with van der Waals surface area (Å²) in [6.45, 7) is 10.8. The number of carbonyl (C=O) groups excluding carboxylic acids is 1. The Morgan fingerprint density at radius 1 is 1.12 bits per heavy atom. The van der Waals surface area contributed by atoms with E-state index in [0.717, 1.165) is 54.9 Å². The molecule has 0 aliphatic carbocycles. The lowest BCUT2D eigenvalue weighted by Gasteiger charge is -2.27. The maximum Gasteiger partial charge on any atom is 0.256 e. The molecule has 4 heteroatoms. The molecule has 1 atom stereocenters. The first-order chi connectivity index (χ1) is 11.4. The SMILES string of the molecule is CCCCOc1c(C)cc(NC(=O)[C@](C)(CCCC)OC)cc1C. The van der Waals surface area contributed by atoms with Crippen LogP contribution in [0, 0.1) is 13.8 Å². The number of ether oxygens (including phenoxy) is 2. The minimum Gasteiger partial charge on any atom is -0.493 e. The van der Waals surface area contributed by atoms with E-state index in [1.165, 1.54) is 0 Å². The molecule has 0 radical (unpaired) electrons. The lowest BCUT2D eigenvalue weighted by molar-refractivity contribution is -0.136. The van der Waals surface area contributed by atoms with Gasteiger partial charge in [-0.3, -0.25) is 4.79 Å². The van der Waals surface area contributed by atoms with E-state index in [0.29, 0.717) is 6.42 Å². The number of anilines is 1. The molecule has 1 amide bonds. The van der Waals surface area contributed by atoms with Crippen LogP contribution in [0.5, 0.6) is 5.75 Å². The van der Waals surface area contributed by atoms with E-state index in [2.05, 4.69) is 19.2 Å². The average molecular weight is 335 g/mol. The van der Waals surface area contributed by atoms with E-state index in [9.17, 15) is 4.79 Å². The quantitative estimate of drug-likeness (QED) is 0.611. The zero-order valence-corrected chi connectivity index (χ0v) is 16.1. The van der Waals surface area contributed by atoms with Crippen LogP contribution in [0.3, 0.4) is 0 Å². The summed E-state index contributed by atoms with van der Waals surface area (Å²) in [5.41, 5.74) is 2.06. The molecule has 0 saturated carbocycles. The number of benzene rings is 1. The van der Waals surface area contributed by atoms with Gasteiger partial charge in [-0.2, -0.15) is 0 Å². The van der Waals surface area contributed by atoms with Crippen LogP contribution < -0.4 is 10.1 Å². The van der Waals surface area contributed by atoms with Crippen LogP contribution >= 0.6 is 0 Å². The van der Waals surface area contributed by atoms with Gasteiger partial charge in [-0.1, -0.05) is 33.1 Å². The second-order valence-corrected chi connectivity index (χ2v) is 6.63. The number of hydrogen-bond acceptors (Lipinski definition) is 3. The highest BCUT2D eigenvalue weighted by Crippen LogP contribution is 2.28. The number of hydrogen-bond donors (Lipinski definition) is 1. The molecule has 0 fully saturated rings. The highest BCUT2D eigenvalue weighted by atomic mass is 16.5. The second kappa shape index (κ2) is 9.67. The summed E-state index contributed by atoms with van der Waals surface area (Å²) in [6.07, 6.45) is 4.86. The topological polar surface area (TPSA) is 47.6 Å². The van der Waals surface area contributed by atoms with Crippen LogP contribution in [0.2, 0.25) is 0 Å². The van der Waals surface area contributed by atoms with Gasteiger partial charge < -0.3 is 14.8 Å². The van der Waals surface area contributed by atoms with Crippen molar-refractivity contribution in [1.82, 2.24) is 0 Å². The fourth-order valence-electron chi connectivity index (χ4n) is 2.65. The molecule has 136 valence electrons. The third kappa shape index (κ3) is 5.52. The molecule has 0 aliphatic heterocycles. The number of aryl methyl sites for hydroxylation is 2. The molecule has 1 aromatic carbocycles. The smallest absolute Gasteiger partial charge is 0.256 e. The maximum absolute atomic E-state index is 12.6. The Morgan fingerprint density at radius 3 is 2.21 bits per heavy atom. The van der Waals surface area contributed by atoms with Crippen molar-refractivity contribution in [2.24, 2.45) is 0 Å². The zero-order valence-electron chi connectivity index (χ0n) is 16.1. The molecule has 0 heterocycles. The van der Waals surface area contributed by atoms with E-state index in [4.69, 9.17) is 9.47 Å². The minimum atomic E-state index is -0.798. The largest absolute Gasteiger partial charge is 0.493 e. The predicted molar refractivity (Wildman–Crippen MR) is 99.9 cm³/mol.